The first kappa shape index (κ1) is 14.8. The molecule has 0 bridgehead atoms. The third kappa shape index (κ3) is 4.20. The van der Waals surface area contributed by atoms with E-state index in [4.69, 9.17) is 4.74 Å². The van der Waals surface area contributed by atoms with E-state index in [2.05, 4.69) is 19.2 Å². The second-order valence-corrected chi connectivity index (χ2v) is 4.68. The molecular formula is C14H23NO3. The van der Waals surface area contributed by atoms with Gasteiger partial charge in [0.05, 0.1) is 6.61 Å². The van der Waals surface area contributed by atoms with Crippen molar-refractivity contribution in [2.24, 2.45) is 5.92 Å². The Labute approximate surface area is 109 Å². The van der Waals surface area contributed by atoms with Crippen molar-refractivity contribution in [2.75, 3.05) is 13.2 Å². The summed E-state index contributed by atoms with van der Waals surface area (Å²) in [6.07, 6.45) is 0. The second-order valence-electron chi connectivity index (χ2n) is 4.68. The van der Waals surface area contributed by atoms with E-state index in [-0.39, 0.29) is 17.5 Å². The molecule has 0 aliphatic carbocycles. The Bertz CT molecular complexity index is 366. The van der Waals surface area contributed by atoms with E-state index < -0.39 is 0 Å². The van der Waals surface area contributed by atoms with E-state index in [1.165, 1.54) is 6.07 Å². The monoisotopic (exact) mass is 253 g/mol. The minimum Gasteiger partial charge on any atom is -0.504 e. The summed E-state index contributed by atoms with van der Waals surface area (Å²) in [5, 5.41) is 22.5. The lowest BCUT2D eigenvalue weighted by molar-refractivity contribution is 0.107. The van der Waals surface area contributed by atoms with Crippen molar-refractivity contribution >= 4 is 0 Å². The number of ether oxygens (including phenoxy) is 1. The maximum Gasteiger partial charge on any atom is 0.161 e. The summed E-state index contributed by atoms with van der Waals surface area (Å²) in [4.78, 5) is 0. The molecule has 0 spiro atoms. The highest BCUT2D eigenvalue weighted by molar-refractivity contribution is 5.44. The van der Waals surface area contributed by atoms with Crippen LogP contribution in [0.1, 0.15) is 26.3 Å². The fourth-order valence-electron chi connectivity index (χ4n) is 1.69. The van der Waals surface area contributed by atoms with E-state index >= 15 is 0 Å². The molecule has 1 atom stereocenters. The van der Waals surface area contributed by atoms with E-state index in [0.29, 0.717) is 31.2 Å². The highest BCUT2D eigenvalue weighted by Gasteiger charge is 2.14. The minimum absolute atomic E-state index is 0.0519. The van der Waals surface area contributed by atoms with Crippen LogP contribution in [0.5, 0.6) is 11.5 Å². The molecule has 102 valence electrons. The Balaban J connectivity index is 2.58. The third-order valence-electron chi connectivity index (χ3n) is 2.96. The molecule has 0 radical (unpaired) electrons. The van der Waals surface area contributed by atoms with Gasteiger partial charge in [-0.25, -0.2) is 0 Å². The van der Waals surface area contributed by atoms with Crippen LogP contribution in [0.4, 0.5) is 0 Å². The number of phenolic OH excluding ortho intramolecular Hbond substituents is 2. The lowest BCUT2D eigenvalue weighted by atomic mass is 10.0. The van der Waals surface area contributed by atoms with Crippen molar-refractivity contribution in [1.82, 2.24) is 5.32 Å². The van der Waals surface area contributed by atoms with E-state index in [9.17, 15) is 10.2 Å². The van der Waals surface area contributed by atoms with Gasteiger partial charge in [0.15, 0.2) is 11.5 Å². The van der Waals surface area contributed by atoms with E-state index in [0.717, 1.165) is 0 Å². The standard InChI is InChI=1S/C14H23NO3/c1-4-18-9-12(10(2)3)15-8-11-6-5-7-13(16)14(11)17/h5-7,10,12,15-17H,4,8-9H2,1-3H3. The van der Waals surface area contributed by atoms with Gasteiger partial charge in [-0.05, 0) is 18.9 Å². The molecule has 4 nitrogen and oxygen atoms in total. The van der Waals surface area contributed by atoms with Gasteiger partial charge in [0.1, 0.15) is 0 Å². The number of aromatic hydroxyl groups is 2. The van der Waals surface area contributed by atoms with Gasteiger partial charge < -0.3 is 20.3 Å². The first-order valence-electron chi connectivity index (χ1n) is 6.37. The second kappa shape index (κ2) is 7.24. The van der Waals surface area contributed by atoms with Crippen LogP contribution in [-0.2, 0) is 11.3 Å². The minimum atomic E-state index is -0.0831. The van der Waals surface area contributed by atoms with Gasteiger partial charge in [-0.1, -0.05) is 26.0 Å². The lowest BCUT2D eigenvalue weighted by Crippen LogP contribution is -2.37. The van der Waals surface area contributed by atoms with Crippen LogP contribution >= 0.6 is 0 Å². The number of phenols is 2. The molecule has 0 saturated carbocycles. The smallest absolute Gasteiger partial charge is 0.161 e. The average molecular weight is 253 g/mol. The van der Waals surface area contributed by atoms with Crippen molar-refractivity contribution in [3.8, 4) is 11.5 Å². The highest BCUT2D eigenvalue weighted by atomic mass is 16.5. The predicted molar refractivity (Wildman–Crippen MR) is 71.7 cm³/mol. The Hall–Kier alpha value is -1.26. The number of para-hydroxylation sites is 1. The largest absolute Gasteiger partial charge is 0.504 e. The Morgan fingerprint density at radius 1 is 1.28 bits per heavy atom. The number of nitrogens with one attached hydrogen (secondary N) is 1. The number of hydrogen-bond donors (Lipinski definition) is 3. The fraction of sp³-hybridized carbons (Fsp3) is 0.571. The molecule has 0 aromatic heterocycles. The van der Waals surface area contributed by atoms with Gasteiger partial charge in [0, 0.05) is 24.8 Å². The first-order chi connectivity index (χ1) is 8.56. The lowest BCUT2D eigenvalue weighted by Gasteiger charge is -2.22. The summed E-state index contributed by atoms with van der Waals surface area (Å²) in [5.41, 5.74) is 0.692. The molecule has 0 fully saturated rings. The van der Waals surface area contributed by atoms with Gasteiger partial charge in [0.2, 0.25) is 0 Å². The maximum atomic E-state index is 9.70. The first-order valence-corrected chi connectivity index (χ1v) is 6.37. The summed E-state index contributed by atoms with van der Waals surface area (Å²) in [6, 6.07) is 5.21. The summed E-state index contributed by atoms with van der Waals surface area (Å²) < 4.78 is 5.42. The van der Waals surface area contributed by atoms with Crippen LogP contribution in [0.3, 0.4) is 0 Å². The van der Waals surface area contributed by atoms with Crippen LogP contribution in [0, 0.1) is 5.92 Å². The van der Waals surface area contributed by atoms with Crippen molar-refractivity contribution < 1.29 is 14.9 Å². The zero-order valence-electron chi connectivity index (χ0n) is 11.3. The van der Waals surface area contributed by atoms with Gasteiger partial charge in [0.25, 0.3) is 0 Å². The molecule has 3 N–H and O–H groups in total. The normalized spacial score (nSPS) is 12.9. The summed E-state index contributed by atoms with van der Waals surface area (Å²) in [6.45, 7) is 8.07. The molecule has 0 aliphatic heterocycles. The Kier molecular flexibility index (Phi) is 5.95. The summed E-state index contributed by atoms with van der Waals surface area (Å²) in [5.74, 6) is 0.306. The van der Waals surface area contributed by atoms with Crippen LogP contribution < -0.4 is 5.32 Å². The Morgan fingerprint density at radius 2 is 2.00 bits per heavy atom. The highest BCUT2D eigenvalue weighted by Crippen LogP contribution is 2.28. The summed E-state index contributed by atoms with van der Waals surface area (Å²) in [7, 11) is 0. The molecule has 0 amide bonds. The fourth-order valence-corrected chi connectivity index (χ4v) is 1.69. The van der Waals surface area contributed by atoms with Gasteiger partial charge in [-0.3, -0.25) is 0 Å². The molecule has 1 aromatic rings. The SMILES string of the molecule is CCOCC(NCc1cccc(O)c1O)C(C)C. The van der Waals surface area contributed by atoms with E-state index in [1.54, 1.807) is 12.1 Å². The quantitative estimate of drug-likeness (QED) is 0.652. The molecular weight excluding hydrogens is 230 g/mol. The predicted octanol–water partition coefficient (Wildman–Crippen LogP) is 2.25. The summed E-state index contributed by atoms with van der Waals surface area (Å²) >= 11 is 0. The molecule has 18 heavy (non-hydrogen) atoms. The topological polar surface area (TPSA) is 61.7 Å². The zero-order valence-corrected chi connectivity index (χ0v) is 11.3. The molecule has 1 aromatic carbocycles. The molecule has 0 aliphatic rings. The maximum absolute atomic E-state index is 9.70. The van der Waals surface area contributed by atoms with Gasteiger partial charge in [-0.15, -0.1) is 0 Å². The van der Waals surface area contributed by atoms with Crippen LogP contribution in [0.25, 0.3) is 0 Å². The van der Waals surface area contributed by atoms with Crippen LogP contribution in [-0.4, -0.2) is 29.5 Å². The van der Waals surface area contributed by atoms with Gasteiger partial charge in [-0.2, -0.15) is 0 Å². The number of benzene rings is 1. The van der Waals surface area contributed by atoms with Crippen LogP contribution in [0.15, 0.2) is 18.2 Å². The van der Waals surface area contributed by atoms with Crippen molar-refractivity contribution in [1.29, 1.82) is 0 Å². The third-order valence-corrected chi connectivity index (χ3v) is 2.96. The van der Waals surface area contributed by atoms with Crippen LogP contribution in [0.2, 0.25) is 0 Å². The van der Waals surface area contributed by atoms with Crippen molar-refractivity contribution in [3.05, 3.63) is 23.8 Å². The molecule has 0 heterocycles. The molecule has 4 heteroatoms. The van der Waals surface area contributed by atoms with Gasteiger partial charge >= 0.3 is 0 Å². The Morgan fingerprint density at radius 3 is 2.61 bits per heavy atom. The van der Waals surface area contributed by atoms with Crippen molar-refractivity contribution in [2.45, 2.75) is 33.4 Å². The zero-order chi connectivity index (χ0) is 13.5. The number of rotatable bonds is 7. The average Bonchev–Trinajstić information content (AvgIpc) is 2.33. The molecule has 1 unspecified atom stereocenters. The molecule has 1 rings (SSSR count). The van der Waals surface area contributed by atoms with E-state index in [1.807, 2.05) is 6.92 Å². The molecule has 0 saturated heterocycles. The van der Waals surface area contributed by atoms with Crippen molar-refractivity contribution in [3.63, 3.8) is 0 Å². The number of hydrogen-bond acceptors (Lipinski definition) is 4.